The molecule has 0 amide bonds. The average molecular weight is 211 g/mol. The van der Waals surface area contributed by atoms with Gasteiger partial charge in [0.15, 0.2) is 0 Å². The lowest BCUT2D eigenvalue weighted by molar-refractivity contribution is 0.112. The molecule has 0 aliphatic carbocycles. The van der Waals surface area contributed by atoms with Crippen LogP contribution in [0.5, 0.6) is 0 Å². The van der Waals surface area contributed by atoms with Gasteiger partial charge in [-0.05, 0) is 17.7 Å². The van der Waals surface area contributed by atoms with Crippen LogP contribution in [0.1, 0.15) is 15.9 Å². The van der Waals surface area contributed by atoms with Gasteiger partial charge in [0.05, 0.1) is 0 Å². The molecule has 0 aromatic heterocycles. The standard InChI is InChI=1S/C14H13NO/c16-11-13-8-6-12(7-9-13)10-15-14-4-2-1-3-5-14/h1-9,11,15H,10H2. The molecule has 0 aliphatic heterocycles. The van der Waals surface area contributed by atoms with E-state index >= 15 is 0 Å². The molecule has 80 valence electrons. The molecule has 2 rings (SSSR count). The fourth-order valence-electron chi connectivity index (χ4n) is 1.47. The van der Waals surface area contributed by atoms with Gasteiger partial charge in [-0.25, -0.2) is 0 Å². The summed E-state index contributed by atoms with van der Waals surface area (Å²) in [5.74, 6) is 0. The van der Waals surface area contributed by atoms with E-state index in [1.165, 1.54) is 0 Å². The summed E-state index contributed by atoms with van der Waals surface area (Å²) in [4.78, 5) is 10.5. The Balaban J connectivity index is 1.97. The number of anilines is 1. The second-order valence-electron chi connectivity index (χ2n) is 3.58. The van der Waals surface area contributed by atoms with Gasteiger partial charge in [-0.2, -0.15) is 0 Å². The summed E-state index contributed by atoms with van der Waals surface area (Å²) in [6.07, 6.45) is 0.856. The monoisotopic (exact) mass is 211 g/mol. The van der Waals surface area contributed by atoms with Crippen molar-refractivity contribution in [3.05, 3.63) is 65.7 Å². The fourth-order valence-corrected chi connectivity index (χ4v) is 1.47. The zero-order chi connectivity index (χ0) is 11.2. The predicted octanol–water partition coefficient (Wildman–Crippen LogP) is 3.11. The molecule has 0 radical (unpaired) electrons. The molecule has 16 heavy (non-hydrogen) atoms. The molecule has 2 nitrogen and oxygen atoms in total. The van der Waals surface area contributed by atoms with Gasteiger partial charge in [0.25, 0.3) is 0 Å². The number of rotatable bonds is 4. The lowest BCUT2D eigenvalue weighted by Gasteiger charge is -2.06. The van der Waals surface area contributed by atoms with Crippen LogP contribution in [0.25, 0.3) is 0 Å². The SMILES string of the molecule is O=Cc1ccc(CNc2ccccc2)cc1. The molecule has 0 unspecified atom stereocenters. The summed E-state index contributed by atoms with van der Waals surface area (Å²) < 4.78 is 0. The molecular formula is C14H13NO. The number of hydrogen-bond donors (Lipinski definition) is 1. The van der Waals surface area contributed by atoms with Crippen molar-refractivity contribution in [2.45, 2.75) is 6.54 Å². The first-order chi connectivity index (χ1) is 7.88. The summed E-state index contributed by atoms with van der Waals surface area (Å²) in [5.41, 5.74) is 2.97. The molecule has 0 aliphatic rings. The van der Waals surface area contributed by atoms with Crippen molar-refractivity contribution in [3.8, 4) is 0 Å². The van der Waals surface area contributed by atoms with Crippen molar-refractivity contribution in [2.75, 3.05) is 5.32 Å². The van der Waals surface area contributed by atoms with Crippen LogP contribution in [-0.2, 0) is 6.54 Å². The van der Waals surface area contributed by atoms with E-state index in [0.29, 0.717) is 5.56 Å². The molecule has 0 saturated carbocycles. The highest BCUT2D eigenvalue weighted by molar-refractivity contribution is 5.74. The number of nitrogens with one attached hydrogen (secondary N) is 1. The van der Waals surface area contributed by atoms with Crippen LogP contribution in [0, 0.1) is 0 Å². The van der Waals surface area contributed by atoms with Crippen molar-refractivity contribution < 1.29 is 4.79 Å². The van der Waals surface area contributed by atoms with Crippen molar-refractivity contribution in [1.82, 2.24) is 0 Å². The number of benzene rings is 2. The molecule has 0 heterocycles. The molecule has 0 spiro atoms. The molecule has 2 aromatic carbocycles. The highest BCUT2D eigenvalue weighted by Gasteiger charge is 1.94. The Kier molecular flexibility index (Phi) is 3.34. The number of aldehydes is 1. The Bertz CT molecular complexity index is 448. The minimum atomic E-state index is 0.712. The second-order valence-corrected chi connectivity index (χ2v) is 3.58. The predicted molar refractivity (Wildman–Crippen MR) is 65.6 cm³/mol. The van der Waals surface area contributed by atoms with E-state index in [4.69, 9.17) is 0 Å². The molecule has 2 aromatic rings. The first-order valence-corrected chi connectivity index (χ1v) is 5.21. The third kappa shape index (κ3) is 2.70. The number of hydrogen-bond acceptors (Lipinski definition) is 2. The Morgan fingerprint density at radius 2 is 1.62 bits per heavy atom. The van der Waals surface area contributed by atoms with E-state index in [1.54, 1.807) is 0 Å². The Morgan fingerprint density at radius 3 is 2.25 bits per heavy atom. The topological polar surface area (TPSA) is 29.1 Å². The van der Waals surface area contributed by atoms with Crippen molar-refractivity contribution in [3.63, 3.8) is 0 Å². The number of para-hydroxylation sites is 1. The van der Waals surface area contributed by atoms with Gasteiger partial charge in [0, 0.05) is 17.8 Å². The summed E-state index contributed by atoms with van der Waals surface area (Å²) in [6.45, 7) is 0.767. The molecule has 1 N–H and O–H groups in total. The van der Waals surface area contributed by atoms with Crippen LogP contribution in [0.15, 0.2) is 54.6 Å². The third-order valence-electron chi connectivity index (χ3n) is 2.39. The highest BCUT2D eigenvalue weighted by atomic mass is 16.1. The van der Waals surface area contributed by atoms with Crippen molar-refractivity contribution >= 4 is 12.0 Å². The number of carbonyl (C=O) groups is 1. The first kappa shape index (κ1) is 10.4. The van der Waals surface area contributed by atoms with Gasteiger partial charge >= 0.3 is 0 Å². The van der Waals surface area contributed by atoms with E-state index in [0.717, 1.165) is 24.1 Å². The summed E-state index contributed by atoms with van der Waals surface area (Å²) >= 11 is 0. The Hall–Kier alpha value is -2.09. The van der Waals surface area contributed by atoms with Gasteiger partial charge < -0.3 is 5.32 Å². The third-order valence-corrected chi connectivity index (χ3v) is 2.39. The van der Waals surface area contributed by atoms with Gasteiger partial charge in [-0.15, -0.1) is 0 Å². The van der Waals surface area contributed by atoms with Crippen LogP contribution in [0.3, 0.4) is 0 Å². The van der Waals surface area contributed by atoms with Crippen LogP contribution >= 0.6 is 0 Å². The quantitative estimate of drug-likeness (QED) is 0.787. The van der Waals surface area contributed by atoms with E-state index < -0.39 is 0 Å². The Morgan fingerprint density at radius 1 is 0.938 bits per heavy atom. The van der Waals surface area contributed by atoms with Gasteiger partial charge in [-0.3, -0.25) is 4.79 Å². The first-order valence-electron chi connectivity index (χ1n) is 5.21. The fraction of sp³-hybridized carbons (Fsp3) is 0.0714. The Labute approximate surface area is 94.9 Å². The van der Waals surface area contributed by atoms with Gasteiger partial charge in [0.1, 0.15) is 6.29 Å². The van der Waals surface area contributed by atoms with Crippen LogP contribution in [0.4, 0.5) is 5.69 Å². The maximum absolute atomic E-state index is 10.5. The van der Waals surface area contributed by atoms with Crippen LogP contribution in [-0.4, -0.2) is 6.29 Å². The normalized spacial score (nSPS) is 9.75. The van der Waals surface area contributed by atoms with Crippen molar-refractivity contribution in [2.24, 2.45) is 0 Å². The average Bonchev–Trinajstić information content (AvgIpc) is 2.38. The van der Waals surface area contributed by atoms with E-state index in [1.807, 2.05) is 54.6 Å². The molecule has 0 bridgehead atoms. The van der Waals surface area contributed by atoms with Crippen molar-refractivity contribution in [1.29, 1.82) is 0 Å². The maximum Gasteiger partial charge on any atom is 0.150 e. The second kappa shape index (κ2) is 5.12. The minimum Gasteiger partial charge on any atom is -0.381 e. The zero-order valence-electron chi connectivity index (χ0n) is 8.89. The lowest BCUT2D eigenvalue weighted by atomic mass is 10.1. The van der Waals surface area contributed by atoms with Gasteiger partial charge in [0.2, 0.25) is 0 Å². The lowest BCUT2D eigenvalue weighted by Crippen LogP contribution is -1.98. The van der Waals surface area contributed by atoms with Gasteiger partial charge in [-0.1, -0.05) is 42.5 Å². The molecular weight excluding hydrogens is 198 g/mol. The smallest absolute Gasteiger partial charge is 0.150 e. The molecule has 0 fully saturated rings. The summed E-state index contributed by atoms with van der Waals surface area (Å²) in [5, 5.41) is 3.31. The highest BCUT2D eigenvalue weighted by Crippen LogP contribution is 2.08. The van der Waals surface area contributed by atoms with E-state index in [-0.39, 0.29) is 0 Å². The largest absolute Gasteiger partial charge is 0.381 e. The van der Waals surface area contributed by atoms with E-state index in [2.05, 4.69) is 5.32 Å². The molecule has 0 atom stereocenters. The van der Waals surface area contributed by atoms with Crippen LogP contribution in [0.2, 0.25) is 0 Å². The number of carbonyl (C=O) groups excluding carboxylic acids is 1. The summed E-state index contributed by atoms with van der Waals surface area (Å²) in [7, 11) is 0. The maximum atomic E-state index is 10.5. The zero-order valence-corrected chi connectivity index (χ0v) is 8.89. The molecule has 2 heteroatoms. The molecule has 0 saturated heterocycles. The van der Waals surface area contributed by atoms with E-state index in [9.17, 15) is 4.79 Å². The summed E-state index contributed by atoms with van der Waals surface area (Å²) in [6, 6.07) is 17.6. The van der Waals surface area contributed by atoms with Crippen LogP contribution < -0.4 is 5.32 Å². The minimum absolute atomic E-state index is 0.712.